The summed E-state index contributed by atoms with van der Waals surface area (Å²) in [4.78, 5) is 31.0. The molecule has 2 rings (SSSR count). The van der Waals surface area contributed by atoms with Crippen LogP contribution in [0.4, 0.5) is 0 Å². The second-order valence-corrected chi connectivity index (χ2v) is 5.77. The second-order valence-electron chi connectivity index (χ2n) is 5.77. The first-order valence-corrected chi connectivity index (χ1v) is 7.49. The molecule has 1 N–H and O–H groups in total. The average Bonchev–Trinajstić information content (AvgIpc) is 2.50. The second kappa shape index (κ2) is 5.84. The van der Waals surface area contributed by atoms with Gasteiger partial charge in [-0.05, 0) is 44.4 Å². The number of carbonyl (C=O) groups is 2. The van der Waals surface area contributed by atoms with Crippen LogP contribution in [0.3, 0.4) is 0 Å². The number of hydrogen-bond donors (Lipinski definition) is 1. The van der Waals surface area contributed by atoms with E-state index in [0.717, 1.165) is 5.56 Å². The molecule has 5 heteroatoms. The third-order valence-electron chi connectivity index (χ3n) is 4.44. The summed E-state index contributed by atoms with van der Waals surface area (Å²) >= 11 is 0. The molecule has 1 aliphatic rings. The Morgan fingerprint density at radius 2 is 1.95 bits per heavy atom. The van der Waals surface area contributed by atoms with Crippen molar-refractivity contribution in [3.05, 3.63) is 30.1 Å². The van der Waals surface area contributed by atoms with Crippen LogP contribution in [0, 0.1) is 0 Å². The zero-order valence-electron chi connectivity index (χ0n) is 13.1. The number of rotatable bonds is 4. The van der Waals surface area contributed by atoms with E-state index in [1.165, 1.54) is 0 Å². The molecule has 0 saturated carbocycles. The van der Waals surface area contributed by atoms with Crippen molar-refractivity contribution in [2.75, 3.05) is 0 Å². The average molecular weight is 289 g/mol. The maximum Gasteiger partial charge on any atom is 0.249 e. The summed E-state index contributed by atoms with van der Waals surface area (Å²) in [5.74, 6) is -0.0804. The lowest BCUT2D eigenvalue weighted by molar-refractivity contribution is -0.157. The van der Waals surface area contributed by atoms with Gasteiger partial charge in [0, 0.05) is 12.4 Å². The predicted octanol–water partition coefficient (Wildman–Crippen LogP) is 2.05. The van der Waals surface area contributed by atoms with Crippen molar-refractivity contribution in [2.45, 2.75) is 58.2 Å². The van der Waals surface area contributed by atoms with Gasteiger partial charge in [-0.25, -0.2) is 0 Å². The van der Waals surface area contributed by atoms with Crippen LogP contribution in [-0.4, -0.2) is 33.3 Å². The van der Waals surface area contributed by atoms with Crippen LogP contribution >= 0.6 is 0 Å². The predicted molar refractivity (Wildman–Crippen MR) is 80.4 cm³/mol. The number of piperazine rings is 1. The smallest absolute Gasteiger partial charge is 0.249 e. The highest BCUT2D eigenvalue weighted by atomic mass is 16.2. The van der Waals surface area contributed by atoms with Gasteiger partial charge in [0.05, 0.1) is 6.04 Å². The maximum atomic E-state index is 12.9. The molecule has 2 heterocycles. The highest BCUT2D eigenvalue weighted by Gasteiger charge is 2.48. The van der Waals surface area contributed by atoms with Crippen molar-refractivity contribution >= 4 is 11.8 Å². The van der Waals surface area contributed by atoms with E-state index in [0.29, 0.717) is 12.8 Å². The Hall–Kier alpha value is -1.91. The standard InChI is InChI=1S/C16H23N3O2/c1-5-13-14(20)18-16(4,6-2)15(21)19(13)11(3)12-7-9-17-10-8-12/h7-11,13H,5-6H2,1-4H3,(H,18,20). The minimum absolute atomic E-state index is 0.0132. The van der Waals surface area contributed by atoms with Gasteiger partial charge >= 0.3 is 0 Å². The zero-order valence-corrected chi connectivity index (χ0v) is 13.1. The van der Waals surface area contributed by atoms with Gasteiger partial charge in [0.25, 0.3) is 0 Å². The van der Waals surface area contributed by atoms with Crippen LogP contribution in [-0.2, 0) is 9.59 Å². The van der Waals surface area contributed by atoms with Gasteiger partial charge < -0.3 is 10.2 Å². The highest BCUT2D eigenvalue weighted by molar-refractivity contribution is 5.99. The summed E-state index contributed by atoms with van der Waals surface area (Å²) < 4.78 is 0. The van der Waals surface area contributed by atoms with Gasteiger partial charge in [-0.2, -0.15) is 0 Å². The van der Waals surface area contributed by atoms with Crippen LogP contribution in [0.2, 0.25) is 0 Å². The van der Waals surface area contributed by atoms with Gasteiger partial charge in [-0.1, -0.05) is 13.8 Å². The summed E-state index contributed by atoms with van der Waals surface area (Å²) in [7, 11) is 0. The van der Waals surface area contributed by atoms with Crippen LogP contribution < -0.4 is 5.32 Å². The first-order valence-electron chi connectivity index (χ1n) is 7.49. The molecule has 1 aromatic heterocycles. The highest BCUT2D eigenvalue weighted by Crippen LogP contribution is 2.31. The Morgan fingerprint density at radius 3 is 2.48 bits per heavy atom. The summed E-state index contributed by atoms with van der Waals surface area (Å²) in [6.45, 7) is 7.61. The summed E-state index contributed by atoms with van der Waals surface area (Å²) in [6.07, 6.45) is 4.60. The van der Waals surface area contributed by atoms with Crippen molar-refractivity contribution in [1.29, 1.82) is 0 Å². The van der Waals surface area contributed by atoms with E-state index in [1.54, 1.807) is 24.2 Å². The van der Waals surface area contributed by atoms with Gasteiger partial charge in [0.15, 0.2) is 0 Å². The molecule has 0 aromatic carbocycles. The zero-order chi connectivity index (χ0) is 15.6. The van der Waals surface area contributed by atoms with Crippen LogP contribution in [0.1, 0.15) is 52.1 Å². The molecule has 2 amide bonds. The SMILES string of the molecule is CCC1C(=O)NC(C)(CC)C(=O)N1C(C)c1ccncc1. The molecule has 1 aromatic rings. The quantitative estimate of drug-likeness (QED) is 0.922. The topological polar surface area (TPSA) is 62.3 Å². The number of pyridine rings is 1. The maximum absolute atomic E-state index is 12.9. The number of nitrogens with one attached hydrogen (secondary N) is 1. The fourth-order valence-corrected chi connectivity index (χ4v) is 2.83. The van der Waals surface area contributed by atoms with Crippen LogP contribution in [0.15, 0.2) is 24.5 Å². The molecular formula is C16H23N3O2. The van der Waals surface area contributed by atoms with Crippen molar-refractivity contribution < 1.29 is 9.59 Å². The Kier molecular flexibility index (Phi) is 4.30. The van der Waals surface area contributed by atoms with E-state index in [1.807, 2.05) is 32.9 Å². The van der Waals surface area contributed by atoms with E-state index < -0.39 is 11.6 Å². The number of hydrogen-bond acceptors (Lipinski definition) is 3. The third kappa shape index (κ3) is 2.64. The van der Waals surface area contributed by atoms with Crippen molar-refractivity contribution in [1.82, 2.24) is 15.2 Å². The fraction of sp³-hybridized carbons (Fsp3) is 0.562. The van der Waals surface area contributed by atoms with Crippen molar-refractivity contribution in [3.8, 4) is 0 Å². The van der Waals surface area contributed by atoms with E-state index in [9.17, 15) is 9.59 Å². The normalized spacial score (nSPS) is 27.4. The van der Waals surface area contributed by atoms with Gasteiger partial charge in [-0.15, -0.1) is 0 Å². The minimum atomic E-state index is -0.815. The lowest BCUT2D eigenvalue weighted by Gasteiger charge is -2.46. The Morgan fingerprint density at radius 1 is 1.33 bits per heavy atom. The fourth-order valence-electron chi connectivity index (χ4n) is 2.83. The molecule has 21 heavy (non-hydrogen) atoms. The summed E-state index contributed by atoms with van der Waals surface area (Å²) in [5, 5.41) is 2.89. The van der Waals surface area contributed by atoms with Gasteiger partial charge in [-0.3, -0.25) is 14.6 Å². The molecule has 0 spiro atoms. The molecule has 0 bridgehead atoms. The van der Waals surface area contributed by atoms with Gasteiger partial charge in [0.1, 0.15) is 11.6 Å². The molecule has 1 aliphatic heterocycles. The number of aromatic nitrogens is 1. The molecule has 1 saturated heterocycles. The summed E-state index contributed by atoms with van der Waals surface area (Å²) in [5.41, 5.74) is 0.175. The molecule has 3 unspecified atom stereocenters. The number of amides is 2. The lowest BCUT2D eigenvalue weighted by atomic mass is 9.89. The first-order chi connectivity index (χ1) is 9.94. The van der Waals surface area contributed by atoms with Crippen LogP contribution in [0.5, 0.6) is 0 Å². The van der Waals surface area contributed by atoms with E-state index in [4.69, 9.17) is 0 Å². The Balaban J connectivity index is 2.41. The molecule has 114 valence electrons. The van der Waals surface area contributed by atoms with Crippen LogP contribution in [0.25, 0.3) is 0 Å². The molecule has 5 nitrogen and oxygen atoms in total. The molecular weight excluding hydrogens is 266 g/mol. The monoisotopic (exact) mass is 289 g/mol. The molecule has 0 radical (unpaired) electrons. The molecule has 1 fully saturated rings. The minimum Gasteiger partial charge on any atom is -0.340 e. The molecule has 0 aliphatic carbocycles. The molecule has 3 atom stereocenters. The van der Waals surface area contributed by atoms with E-state index in [-0.39, 0.29) is 17.9 Å². The van der Waals surface area contributed by atoms with Crippen molar-refractivity contribution in [3.63, 3.8) is 0 Å². The van der Waals surface area contributed by atoms with E-state index in [2.05, 4.69) is 10.3 Å². The largest absolute Gasteiger partial charge is 0.340 e. The lowest BCUT2D eigenvalue weighted by Crippen LogP contribution is -2.69. The Bertz CT molecular complexity index is 532. The van der Waals surface area contributed by atoms with E-state index >= 15 is 0 Å². The third-order valence-corrected chi connectivity index (χ3v) is 4.44. The summed E-state index contributed by atoms with van der Waals surface area (Å²) in [6, 6.07) is 3.21. The Labute approximate surface area is 125 Å². The first kappa shape index (κ1) is 15.5. The number of nitrogens with zero attached hydrogens (tertiary/aromatic N) is 2. The van der Waals surface area contributed by atoms with Gasteiger partial charge in [0.2, 0.25) is 11.8 Å². The number of carbonyl (C=O) groups excluding carboxylic acids is 2. The van der Waals surface area contributed by atoms with Crippen molar-refractivity contribution in [2.24, 2.45) is 0 Å².